The van der Waals surface area contributed by atoms with Gasteiger partial charge in [0.15, 0.2) is 0 Å². The molecule has 1 aromatic heterocycles. The van der Waals surface area contributed by atoms with E-state index in [0.29, 0.717) is 12.2 Å². The normalized spacial score (nSPS) is 9.75. The molecule has 0 amide bonds. The van der Waals surface area contributed by atoms with E-state index >= 15 is 0 Å². The molecule has 6 nitrogen and oxygen atoms in total. The molecule has 88 valence electrons. The van der Waals surface area contributed by atoms with Crippen molar-refractivity contribution >= 4 is 11.9 Å². The predicted molar refractivity (Wildman–Crippen MR) is 55.2 cm³/mol. The third-order valence-corrected chi connectivity index (χ3v) is 1.53. The van der Waals surface area contributed by atoms with Crippen molar-refractivity contribution in [3.8, 4) is 0 Å². The Balaban J connectivity index is 0.00000225. The minimum Gasteiger partial charge on any atom is -0.478 e. The van der Waals surface area contributed by atoms with E-state index in [1.807, 2.05) is 0 Å². The van der Waals surface area contributed by atoms with Crippen LogP contribution in [0.15, 0.2) is 35.0 Å². The number of carboxylic acids is 1. The van der Waals surface area contributed by atoms with Crippen molar-refractivity contribution in [3.05, 3.63) is 36.3 Å². The minimum atomic E-state index is -1.18. The Morgan fingerprint density at radius 2 is 2.19 bits per heavy atom. The monoisotopic (exact) mass is 227 g/mol. The van der Waals surface area contributed by atoms with Crippen LogP contribution in [0.2, 0.25) is 0 Å². The number of carbonyl (C=O) groups is 2. The SMILES string of the molecule is N.O=C(O)/C=C\C(=O)OCCc1ccco1. The van der Waals surface area contributed by atoms with E-state index in [0.717, 1.165) is 12.2 Å². The lowest BCUT2D eigenvalue weighted by Gasteiger charge is -1.98. The quantitative estimate of drug-likeness (QED) is 0.576. The Morgan fingerprint density at radius 1 is 1.44 bits per heavy atom. The Hall–Kier alpha value is -2.08. The Labute approximate surface area is 92.1 Å². The van der Waals surface area contributed by atoms with Crippen molar-refractivity contribution < 1.29 is 23.8 Å². The van der Waals surface area contributed by atoms with Gasteiger partial charge in [-0.15, -0.1) is 0 Å². The van der Waals surface area contributed by atoms with E-state index in [4.69, 9.17) is 14.3 Å². The molecule has 0 saturated carbocycles. The third-order valence-electron chi connectivity index (χ3n) is 1.53. The van der Waals surface area contributed by atoms with E-state index in [1.165, 1.54) is 6.26 Å². The molecule has 0 spiro atoms. The summed E-state index contributed by atoms with van der Waals surface area (Å²) in [6, 6.07) is 3.50. The standard InChI is InChI=1S/C10H10O5.H3N/c11-9(12)3-4-10(13)15-7-5-8-2-1-6-14-8;/h1-4,6H,5,7H2,(H,11,12);1H3/b4-3-;. The molecule has 0 aromatic carbocycles. The molecule has 16 heavy (non-hydrogen) atoms. The van der Waals surface area contributed by atoms with Crippen LogP contribution in [0.1, 0.15) is 5.76 Å². The highest BCUT2D eigenvalue weighted by Gasteiger charge is 2.00. The van der Waals surface area contributed by atoms with Gasteiger partial charge in [0.1, 0.15) is 5.76 Å². The second kappa shape index (κ2) is 7.24. The molecule has 0 atom stereocenters. The van der Waals surface area contributed by atoms with Gasteiger partial charge < -0.3 is 20.4 Å². The lowest BCUT2D eigenvalue weighted by molar-refractivity contribution is -0.138. The van der Waals surface area contributed by atoms with Gasteiger partial charge in [0.05, 0.1) is 12.9 Å². The number of aliphatic carboxylic acids is 1. The fraction of sp³-hybridized carbons (Fsp3) is 0.200. The molecule has 0 fully saturated rings. The average molecular weight is 227 g/mol. The minimum absolute atomic E-state index is 0. The fourth-order valence-electron chi connectivity index (χ4n) is 0.894. The number of carbonyl (C=O) groups excluding carboxylic acids is 1. The Morgan fingerprint density at radius 3 is 2.75 bits per heavy atom. The van der Waals surface area contributed by atoms with Crippen molar-refractivity contribution in [2.45, 2.75) is 6.42 Å². The molecule has 0 unspecified atom stereocenters. The van der Waals surface area contributed by atoms with E-state index in [9.17, 15) is 9.59 Å². The summed E-state index contributed by atoms with van der Waals surface area (Å²) in [7, 11) is 0. The van der Waals surface area contributed by atoms with Crippen LogP contribution in [0.3, 0.4) is 0 Å². The van der Waals surface area contributed by atoms with Crippen LogP contribution in [0.4, 0.5) is 0 Å². The number of rotatable bonds is 5. The molecule has 0 bridgehead atoms. The summed E-state index contributed by atoms with van der Waals surface area (Å²) in [5, 5.41) is 8.23. The zero-order chi connectivity index (χ0) is 11.1. The summed E-state index contributed by atoms with van der Waals surface area (Å²) in [5.41, 5.74) is 0. The smallest absolute Gasteiger partial charge is 0.331 e. The molecule has 6 heteroatoms. The summed E-state index contributed by atoms with van der Waals surface area (Å²) in [4.78, 5) is 20.9. The van der Waals surface area contributed by atoms with Crippen LogP contribution in [0.5, 0.6) is 0 Å². The van der Waals surface area contributed by atoms with E-state index in [2.05, 4.69) is 0 Å². The van der Waals surface area contributed by atoms with Crippen LogP contribution in [0, 0.1) is 0 Å². The van der Waals surface area contributed by atoms with Crippen molar-refractivity contribution in [1.82, 2.24) is 6.15 Å². The predicted octanol–water partition coefficient (Wildman–Crippen LogP) is 1.17. The summed E-state index contributed by atoms with van der Waals surface area (Å²) in [5.74, 6) is -1.15. The number of hydrogen-bond acceptors (Lipinski definition) is 5. The number of esters is 1. The van der Waals surface area contributed by atoms with Crippen LogP contribution in [-0.2, 0) is 20.7 Å². The van der Waals surface area contributed by atoms with Crippen molar-refractivity contribution in [2.24, 2.45) is 0 Å². The first-order chi connectivity index (χ1) is 7.18. The highest BCUT2D eigenvalue weighted by molar-refractivity contribution is 5.90. The first kappa shape index (κ1) is 13.9. The van der Waals surface area contributed by atoms with E-state index < -0.39 is 11.9 Å². The highest BCUT2D eigenvalue weighted by atomic mass is 16.5. The second-order valence-electron chi connectivity index (χ2n) is 2.67. The number of ether oxygens (including phenoxy) is 1. The highest BCUT2D eigenvalue weighted by Crippen LogP contribution is 2.00. The molecule has 0 aliphatic heterocycles. The Bertz CT molecular complexity index is 355. The van der Waals surface area contributed by atoms with Gasteiger partial charge in [0, 0.05) is 18.6 Å². The third kappa shape index (κ3) is 5.61. The second-order valence-corrected chi connectivity index (χ2v) is 2.67. The first-order valence-electron chi connectivity index (χ1n) is 4.28. The van der Waals surface area contributed by atoms with Crippen molar-refractivity contribution in [3.63, 3.8) is 0 Å². The summed E-state index contributed by atoms with van der Waals surface area (Å²) in [6.45, 7) is 0.163. The maximum atomic E-state index is 10.9. The van der Waals surface area contributed by atoms with Gasteiger partial charge >= 0.3 is 11.9 Å². The zero-order valence-electron chi connectivity index (χ0n) is 8.59. The zero-order valence-corrected chi connectivity index (χ0v) is 8.59. The van der Waals surface area contributed by atoms with Gasteiger partial charge in [0.2, 0.25) is 0 Å². The van der Waals surface area contributed by atoms with Gasteiger partial charge in [-0.3, -0.25) is 0 Å². The molecular formula is C10H13NO5. The largest absolute Gasteiger partial charge is 0.478 e. The lowest BCUT2D eigenvalue weighted by atomic mass is 10.3. The van der Waals surface area contributed by atoms with Crippen molar-refractivity contribution in [1.29, 1.82) is 0 Å². The van der Waals surface area contributed by atoms with Crippen LogP contribution >= 0.6 is 0 Å². The maximum Gasteiger partial charge on any atom is 0.331 e. The molecular weight excluding hydrogens is 214 g/mol. The topological polar surface area (TPSA) is 112 Å². The molecule has 0 radical (unpaired) electrons. The lowest BCUT2D eigenvalue weighted by Crippen LogP contribution is -2.05. The number of hydrogen-bond donors (Lipinski definition) is 2. The van der Waals surface area contributed by atoms with E-state index in [1.54, 1.807) is 12.1 Å². The average Bonchev–Trinajstić information content (AvgIpc) is 2.67. The molecule has 4 N–H and O–H groups in total. The molecule has 1 aromatic rings. The van der Waals surface area contributed by atoms with Gasteiger partial charge in [-0.1, -0.05) is 0 Å². The molecule has 1 rings (SSSR count). The van der Waals surface area contributed by atoms with Gasteiger partial charge in [-0.25, -0.2) is 9.59 Å². The van der Waals surface area contributed by atoms with E-state index in [-0.39, 0.29) is 12.8 Å². The molecule has 0 aliphatic rings. The van der Waals surface area contributed by atoms with Crippen LogP contribution in [-0.4, -0.2) is 23.7 Å². The molecule has 1 heterocycles. The first-order valence-corrected chi connectivity index (χ1v) is 4.28. The molecule has 0 aliphatic carbocycles. The van der Waals surface area contributed by atoms with Crippen LogP contribution in [0.25, 0.3) is 0 Å². The maximum absolute atomic E-state index is 10.9. The molecule has 0 saturated heterocycles. The van der Waals surface area contributed by atoms with Crippen LogP contribution < -0.4 is 6.15 Å². The summed E-state index contributed by atoms with van der Waals surface area (Å²) >= 11 is 0. The number of carboxylic acid groups (broad SMARTS) is 1. The van der Waals surface area contributed by atoms with Gasteiger partial charge in [-0.05, 0) is 12.1 Å². The fourth-order valence-corrected chi connectivity index (χ4v) is 0.894. The van der Waals surface area contributed by atoms with Gasteiger partial charge in [0.25, 0.3) is 0 Å². The summed E-state index contributed by atoms with van der Waals surface area (Å²) in [6.07, 6.45) is 3.60. The number of furan rings is 1. The van der Waals surface area contributed by atoms with Gasteiger partial charge in [-0.2, -0.15) is 0 Å². The summed E-state index contributed by atoms with van der Waals surface area (Å²) < 4.78 is 9.73. The Kier molecular flexibility index (Phi) is 6.30. The van der Waals surface area contributed by atoms with Crippen molar-refractivity contribution in [2.75, 3.05) is 6.61 Å².